The fraction of sp³-hybridized carbons (Fsp3) is 0.429. The van der Waals surface area contributed by atoms with Crippen LogP contribution in [0.2, 0.25) is 5.02 Å². The molecule has 0 fully saturated rings. The van der Waals surface area contributed by atoms with Gasteiger partial charge in [0.25, 0.3) is 0 Å². The fourth-order valence-electron chi connectivity index (χ4n) is 1.61. The minimum Gasteiger partial charge on any atom is -0.480 e. The van der Waals surface area contributed by atoms with Crippen molar-refractivity contribution in [1.29, 1.82) is 0 Å². The molecule has 0 aliphatic carbocycles. The van der Waals surface area contributed by atoms with Gasteiger partial charge in [-0.2, -0.15) is 0 Å². The molecule has 1 aromatic carbocycles. The number of benzene rings is 1. The number of aliphatic carboxylic acids is 1. The number of hydrogen-bond acceptors (Lipinski definition) is 4. The van der Waals surface area contributed by atoms with Crippen molar-refractivity contribution in [2.75, 3.05) is 12.4 Å². The van der Waals surface area contributed by atoms with Gasteiger partial charge in [-0.25, -0.2) is 4.79 Å². The van der Waals surface area contributed by atoms with E-state index in [4.69, 9.17) is 21.8 Å². The van der Waals surface area contributed by atoms with Crippen LogP contribution in [0.15, 0.2) is 29.2 Å². The minimum atomic E-state index is -1.13. The summed E-state index contributed by atoms with van der Waals surface area (Å²) in [6, 6.07) is 6.42. The van der Waals surface area contributed by atoms with Crippen LogP contribution in [0.1, 0.15) is 19.3 Å². The number of aliphatic hydroxyl groups is 1. The second kappa shape index (κ2) is 9.65. The molecule has 0 unspecified atom stereocenters. The number of hydrogen-bond donors (Lipinski definition) is 3. The van der Waals surface area contributed by atoms with Gasteiger partial charge in [-0.3, -0.25) is 4.79 Å². The van der Waals surface area contributed by atoms with E-state index in [9.17, 15) is 9.59 Å². The first-order valence-corrected chi connectivity index (χ1v) is 7.90. The highest BCUT2D eigenvalue weighted by Crippen LogP contribution is 2.21. The van der Waals surface area contributed by atoms with Gasteiger partial charge in [0.05, 0.1) is 0 Å². The zero-order valence-electron chi connectivity index (χ0n) is 11.4. The molecule has 0 aliphatic rings. The lowest BCUT2D eigenvalue weighted by Gasteiger charge is -2.12. The Morgan fingerprint density at radius 1 is 1.29 bits per heavy atom. The average molecular weight is 332 g/mol. The molecule has 5 nitrogen and oxygen atoms in total. The van der Waals surface area contributed by atoms with Crippen LogP contribution in [0, 0.1) is 0 Å². The summed E-state index contributed by atoms with van der Waals surface area (Å²) in [7, 11) is 0. The summed E-state index contributed by atoms with van der Waals surface area (Å²) < 4.78 is 0. The van der Waals surface area contributed by atoms with Crippen LogP contribution < -0.4 is 5.32 Å². The van der Waals surface area contributed by atoms with Crippen molar-refractivity contribution in [2.45, 2.75) is 30.2 Å². The molecule has 0 heterocycles. The van der Waals surface area contributed by atoms with E-state index in [1.54, 1.807) is 11.8 Å². The van der Waals surface area contributed by atoms with Crippen LogP contribution in [-0.4, -0.2) is 40.5 Å². The number of carboxylic acid groups (broad SMARTS) is 1. The van der Waals surface area contributed by atoms with Gasteiger partial charge in [0.2, 0.25) is 5.91 Å². The zero-order valence-corrected chi connectivity index (χ0v) is 13.0. The molecule has 0 bridgehead atoms. The smallest absolute Gasteiger partial charge is 0.326 e. The largest absolute Gasteiger partial charge is 0.480 e. The first-order chi connectivity index (χ1) is 10.0. The predicted octanol–water partition coefficient (Wildman–Crippen LogP) is 2.16. The summed E-state index contributed by atoms with van der Waals surface area (Å²) in [5.41, 5.74) is 0. The number of halogens is 1. The van der Waals surface area contributed by atoms with Crippen molar-refractivity contribution in [3.05, 3.63) is 29.3 Å². The summed E-state index contributed by atoms with van der Waals surface area (Å²) >= 11 is 7.40. The lowest BCUT2D eigenvalue weighted by atomic mass is 10.2. The van der Waals surface area contributed by atoms with Gasteiger partial charge in [-0.1, -0.05) is 11.6 Å². The molecule has 0 saturated carbocycles. The normalized spacial score (nSPS) is 11.9. The first-order valence-electron chi connectivity index (χ1n) is 6.54. The van der Waals surface area contributed by atoms with E-state index < -0.39 is 12.0 Å². The molecule has 7 heteroatoms. The first kappa shape index (κ1) is 17.8. The van der Waals surface area contributed by atoms with E-state index in [0.717, 1.165) is 10.6 Å². The van der Waals surface area contributed by atoms with E-state index in [1.807, 2.05) is 24.3 Å². The Hall–Kier alpha value is -1.24. The van der Waals surface area contributed by atoms with Crippen molar-refractivity contribution < 1.29 is 19.8 Å². The molecule has 0 spiro atoms. The molecule has 1 aromatic rings. The third kappa shape index (κ3) is 7.36. The highest BCUT2D eigenvalue weighted by Gasteiger charge is 2.18. The number of nitrogens with one attached hydrogen (secondary N) is 1. The number of carboxylic acids is 1. The Labute approximate surface area is 132 Å². The van der Waals surface area contributed by atoms with Gasteiger partial charge in [-0.15, -0.1) is 11.8 Å². The van der Waals surface area contributed by atoms with Crippen LogP contribution >= 0.6 is 23.4 Å². The Bertz CT molecular complexity index is 467. The van der Waals surface area contributed by atoms with Crippen LogP contribution in [0.25, 0.3) is 0 Å². The Kier molecular flexibility index (Phi) is 8.19. The molecule has 1 atom stereocenters. The number of aliphatic hydroxyl groups excluding tert-OH is 1. The van der Waals surface area contributed by atoms with Crippen molar-refractivity contribution in [3.8, 4) is 0 Å². The second-order valence-corrected chi connectivity index (χ2v) is 5.98. The number of amides is 1. The molecule has 0 aromatic heterocycles. The van der Waals surface area contributed by atoms with Crippen LogP contribution in [0.4, 0.5) is 0 Å². The maximum absolute atomic E-state index is 11.6. The Balaban J connectivity index is 2.23. The molecule has 1 rings (SSSR count). The van der Waals surface area contributed by atoms with Crippen LogP contribution in [0.3, 0.4) is 0 Å². The van der Waals surface area contributed by atoms with Crippen LogP contribution in [0.5, 0.6) is 0 Å². The van der Waals surface area contributed by atoms with E-state index in [-0.39, 0.29) is 25.4 Å². The Morgan fingerprint density at radius 2 is 1.95 bits per heavy atom. The molecule has 1 amide bonds. The lowest BCUT2D eigenvalue weighted by molar-refractivity contribution is -0.142. The van der Waals surface area contributed by atoms with E-state index in [2.05, 4.69) is 5.32 Å². The Morgan fingerprint density at radius 3 is 2.52 bits per heavy atom. The minimum absolute atomic E-state index is 0.0145. The lowest BCUT2D eigenvalue weighted by Crippen LogP contribution is -2.41. The standard InChI is InChI=1S/C14H18ClNO4S/c15-10-3-5-11(6-4-10)21-9-1-2-13(18)16-12(7-8-17)14(19)20/h3-6,12,17H,1-2,7-9H2,(H,16,18)(H,19,20)/t12-/m1/s1. The topological polar surface area (TPSA) is 86.6 Å². The van der Waals surface area contributed by atoms with Gasteiger partial charge >= 0.3 is 5.97 Å². The summed E-state index contributed by atoms with van der Waals surface area (Å²) in [5.74, 6) is -0.687. The SMILES string of the molecule is O=C(CCCSc1ccc(Cl)cc1)N[C@H](CCO)C(=O)O. The van der Waals surface area contributed by atoms with Gasteiger partial charge in [-0.05, 0) is 36.4 Å². The van der Waals surface area contributed by atoms with Gasteiger partial charge in [0.1, 0.15) is 6.04 Å². The second-order valence-electron chi connectivity index (χ2n) is 4.38. The van der Waals surface area contributed by atoms with Crippen LogP contribution in [-0.2, 0) is 9.59 Å². The maximum Gasteiger partial charge on any atom is 0.326 e. The molecule has 0 aliphatic heterocycles. The number of thioether (sulfide) groups is 1. The molecule has 0 saturated heterocycles. The maximum atomic E-state index is 11.6. The number of carbonyl (C=O) groups is 2. The summed E-state index contributed by atoms with van der Waals surface area (Å²) in [6.45, 7) is -0.274. The summed E-state index contributed by atoms with van der Waals surface area (Å²) in [6.07, 6.45) is 0.918. The zero-order chi connectivity index (χ0) is 15.7. The fourth-order valence-corrected chi connectivity index (χ4v) is 2.59. The van der Waals surface area contributed by atoms with Crippen molar-refractivity contribution in [2.24, 2.45) is 0 Å². The monoisotopic (exact) mass is 331 g/mol. The predicted molar refractivity (Wildman–Crippen MR) is 82.7 cm³/mol. The summed E-state index contributed by atoms with van der Waals surface area (Å²) in [5, 5.41) is 20.7. The molecule has 116 valence electrons. The van der Waals surface area contributed by atoms with E-state index in [0.29, 0.717) is 11.4 Å². The number of rotatable bonds is 9. The van der Waals surface area contributed by atoms with E-state index >= 15 is 0 Å². The van der Waals surface area contributed by atoms with Gasteiger partial charge in [0.15, 0.2) is 0 Å². The quantitative estimate of drug-likeness (QED) is 0.477. The van der Waals surface area contributed by atoms with Gasteiger partial charge < -0.3 is 15.5 Å². The van der Waals surface area contributed by atoms with Crippen molar-refractivity contribution in [1.82, 2.24) is 5.32 Å². The highest BCUT2D eigenvalue weighted by molar-refractivity contribution is 7.99. The third-order valence-corrected chi connectivity index (χ3v) is 4.03. The number of carbonyl (C=O) groups excluding carboxylic acids is 1. The third-order valence-electron chi connectivity index (χ3n) is 2.68. The molecule has 21 heavy (non-hydrogen) atoms. The molecular weight excluding hydrogens is 314 g/mol. The van der Waals surface area contributed by atoms with Crippen molar-refractivity contribution in [3.63, 3.8) is 0 Å². The molecule has 0 radical (unpaired) electrons. The average Bonchev–Trinajstić information content (AvgIpc) is 2.45. The summed E-state index contributed by atoms with van der Waals surface area (Å²) in [4.78, 5) is 23.5. The van der Waals surface area contributed by atoms with Gasteiger partial charge in [0, 0.05) is 29.4 Å². The molecule has 3 N–H and O–H groups in total. The highest BCUT2D eigenvalue weighted by atomic mass is 35.5. The van der Waals surface area contributed by atoms with E-state index in [1.165, 1.54) is 0 Å². The van der Waals surface area contributed by atoms with Crippen molar-refractivity contribution >= 4 is 35.2 Å². The molecular formula is C14H18ClNO4S.